The van der Waals surface area contributed by atoms with Crippen LogP contribution in [-0.2, 0) is 6.42 Å². The summed E-state index contributed by atoms with van der Waals surface area (Å²) in [5.41, 5.74) is 2.28. The van der Waals surface area contributed by atoms with E-state index in [9.17, 15) is 0 Å². The second kappa shape index (κ2) is 4.86. The number of rotatable bonds is 3. The third-order valence-electron chi connectivity index (χ3n) is 2.26. The van der Waals surface area contributed by atoms with Gasteiger partial charge in [0.15, 0.2) is 0 Å². The fourth-order valence-electron chi connectivity index (χ4n) is 1.43. The predicted octanol–water partition coefficient (Wildman–Crippen LogP) is 4.61. The Morgan fingerprint density at radius 1 is 1.27 bits per heavy atom. The van der Waals surface area contributed by atoms with Crippen molar-refractivity contribution in [3.05, 3.63) is 59.0 Å². The molecule has 1 nitrogen and oxygen atoms in total. The SMILES string of the molecule is Clc1ccccc1CC(Br)c1ccoc1. The van der Waals surface area contributed by atoms with Crippen LogP contribution in [0.15, 0.2) is 47.3 Å². The minimum Gasteiger partial charge on any atom is -0.472 e. The smallest absolute Gasteiger partial charge is 0.0946 e. The molecule has 0 bridgehead atoms. The highest BCUT2D eigenvalue weighted by Crippen LogP contribution is 2.29. The van der Waals surface area contributed by atoms with Gasteiger partial charge in [-0.1, -0.05) is 45.7 Å². The van der Waals surface area contributed by atoms with Crippen LogP contribution in [-0.4, -0.2) is 0 Å². The summed E-state index contributed by atoms with van der Waals surface area (Å²) in [6.07, 6.45) is 4.28. The zero-order valence-electron chi connectivity index (χ0n) is 7.99. The number of benzene rings is 1. The zero-order valence-corrected chi connectivity index (χ0v) is 10.3. The topological polar surface area (TPSA) is 13.1 Å². The average molecular weight is 286 g/mol. The highest BCUT2D eigenvalue weighted by atomic mass is 79.9. The minimum atomic E-state index is 0.246. The van der Waals surface area contributed by atoms with Gasteiger partial charge in [-0.25, -0.2) is 0 Å². The van der Waals surface area contributed by atoms with Crippen molar-refractivity contribution in [1.82, 2.24) is 0 Å². The number of furan rings is 1. The average Bonchev–Trinajstić information content (AvgIpc) is 2.74. The number of alkyl halides is 1. The molecule has 0 N–H and O–H groups in total. The van der Waals surface area contributed by atoms with Crippen molar-refractivity contribution < 1.29 is 4.42 Å². The van der Waals surface area contributed by atoms with Gasteiger partial charge in [0.05, 0.1) is 12.5 Å². The molecule has 1 unspecified atom stereocenters. The summed E-state index contributed by atoms with van der Waals surface area (Å²) in [7, 11) is 0. The number of hydrogen-bond acceptors (Lipinski definition) is 1. The predicted molar refractivity (Wildman–Crippen MR) is 65.5 cm³/mol. The molecule has 0 aliphatic heterocycles. The lowest BCUT2D eigenvalue weighted by Gasteiger charge is -2.08. The quantitative estimate of drug-likeness (QED) is 0.751. The van der Waals surface area contributed by atoms with Crippen molar-refractivity contribution in [3.8, 4) is 0 Å². The Balaban J connectivity index is 2.13. The molecule has 2 rings (SSSR count). The van der Waals surface area contributed by atoms with E-state index in [0.29, 0.717) is 0 Å². The van der Waals surface area contributed by atoms with Gasteiger partial charge >= 0.3 is 0 Å². The van der Waals surface area contributed by atoms with E-state index in [2.05, 4.69) is 15.9 Å². The first-order chi connectivity index (χ1) is 7.27. The van der Waals surface area contributed by atoms with E-state index in [4.69, 9.17) is 16.0 Å². The molecule has 15 heavy (non-hydrogen) atoms. The molecule has 0 spiro atoms. The van der Waals surface area contributed by atoms with Gasteiger partial charge < -0.3 is 4.42 Å². The molecular weight excluding hydrogens is 275 g/mol. The molecule has 1 heterocycles. The lowest BCUT2D eigenvalue weighted by Crippen LogP contribution is -1.94. The van der Waals surface area contributed by atoms with Gasteiger partial charge in [0, 0.05) is 15.4 Å². The van der Waals surface area contributed by atoms with Crippen LogP contribution in [0.3, 0.4) is 0 Å². The Hall–Kier alpha value is -0.730. The third kappa shape index (κ3) is 2.64. The molecule has 0 fully saturated rings. The molecule has 0 saturated heterocycles. The largest absolute Gasteiger partial charge is 0.472 e. The van der Waals surface area contributed by atoms with Gasteiger partial charge in [-0.3, -0.25) is 0 Å². The second-order valence-corrected chi connectivity index (χ2v) is 4.83. The standard InChI is InChI=1S/C12H10BrClO/c13-11(10-5-6-15-8-10)7-9-3-1-2-4-12(9)14/h1-6,8,11H,7H2. The highest BCUT2D eigenvalue weighted by Gasteiger charge is 2.11. The first-order valence-electron chi connectivity index (χ1n) is 4.67. The van der Waals surface area contributed by atoms with E-state index in [1.165, 1.54) is 0 Å². The molecule has 0 aliphatic rings. The molecule has 78 valence electrons. The fourth-order valence-corrected chi connectivity index (χ4v) is 2.25. The summed E-state index contributed by atoms with van der Waals surface area (Å²) in [4.78, 5) is 0.246. The Morgan fingerprint density at radius 3 is 2.73 bits per heavy atom. The summed E-state index contributed by atoms with van der Waals surface area (Å²) < 4.78 is 5.04. The molecule has 1 aromatic heterocycles. The van der Waals surface area contributed by atoms with Crippen LogP contribution in [0.4, 0.5) is 0 Å². The Kier molecular flexibility index (Phi) is 3.49. The van der Waals surface area contributed by atoms with Gasteiger partial charge in [0.1, 0.15) is 0 Å². The first-order valence-corrected chi connectivity index (χ1v) is 5.96. The van der Waals surface area contributed by atoms with E-state index in [1.54, 1.807) is 12.5 Å². The molecule has 0 radical (unpaired) electrons. The van der Waals surface area contributed by atoms with Gasteiger partial charge in [0.2, 0.25) is 0 Å². The van der Waals surface area contributed by atoms with Crippen LogP contribution >= 0.6 is 27.5 Å². The molecule has 3 heteroatoms. The van der Waals surface area contributed by atoms with E-state index >= 15 is 0 Å². The maximum absolute atomic E-state index is 6.09. The third-order valence-corrected chi connectivity index (χ3v) is 3.48. The minimum absolute atomic E-state index is 0.246. The summed E-state index contributed by atoms with van der Waals surface area (Å²) in [5.74, 6) is 0. The molecule has 0 amide bonds. The summed E-state index contributed by atoms with van der Waals surface area (Å²) in [6, 6.07) is 9.84. The number of hydrogen-bond donors (Lipinski definition) is 0. The highest BCUT2D eigenvalue weighted by molar-refractivity contribution is 9.09. The Labute approximate surface area is 102 Å². The van der Waals surface area contributed by atoms with Gasteiger partial charge in [0.25, 0.3) is 0 Å². The summed E-state index contributed by atoms with van der Waals surface area (Å²) in [5, 5.41) is 0.811. The van der Waals surface area contributed by atoms with E-state index in [1.807, 2.05) is 30.3 Å². The molecule has 2 aromatic rings. The maximum Gasteiger partial charge on any atom is 0.0946 e. The van der Waals surface area contributed by atoms with Crippen molar-refractivity contribution in [2.45, 2.75) is 11.2 Å². The van der Waals surface area contributed by atoms with Gasteiger partial charge in [-0.2, -0.15) is 0 Å². The lowest BCUT2D eigenvalue weighted by atomic mass is 10.1. The van der Waals surface area contributed by atoms with Crippen LogP contribution in [0.2, 0.25) is 5.02 Å². The van der Waals surface area contributed by atoms with Gasteiger partial charge in [-0.15, -0.1) is 0 Å². The van der Waals surface area contributed by atoms with Crippen molar-refractivity contribution >= 4 is 27.5 Å². The zero-order chi connectivity index (χ0) is 10.7. The number of halogens is 2. The van der Waals surface area contributed by atoms with E-state index in [0.717, 1.165) is 22.6 Å². The molecule has 1 atom stereocenters. The van der Waals surface area contributed by atoms with Crippen molar-refractivity contribution in [1.29, 1.82) is 0 Å². The van der Waals surface area contributed by atoms with Crippen molar-refractivity contribution in [2.24, 2.45) is 0 Å². The van der Waals surface area contributed by atoms with Crippen LogP contribution in [0, 0.1) is 0 Å². The molecule has 1 aromatic carbocycles. The molecule has 0 saturated carbocycles. The summed E-state index contributed by atoms with van der Waals surface area (Å²) in [6.45, 7) is 0. The van der Waals surface area contributed by atoms with E-state index in [-0.39, 0.29) is 4.83 Å². The first kappa shape index (κ1) is 10.8. The van der Waals surface area contributed by atoms with Gasteiger partial charge in [-0.05, 0) is 24.1 Å². The molecular formula is C12H10BrClO. The van der Waals surface area contributed by atoms with Crippen molar-refractivity contribution in [3.63, 3.8) is 0 Å². The molecule has 0 aliphatic carbocycles. The summed E-state index contributed by atoms with van der Waals surface area (Å²) >= 11 is 9.70. The monoisotopic (exact) mass is 284 g/mol. The fraction of sp³-hybridized carbons (Fsp3) is 0.167. The Morgan fingerprint density at radius 2 is 2.07 bits per heavy atom. The van der Waals surface area contributed by atoms with Crippen LogP contribution in [0.5, 0.6) is 0 Å². The Bertz CT molecular complexity index is 425. The lowest BCUT2D eigenvalue weighted by molar-refractivity contribution is 0.563. The van der Waals surface area contributed by atoms with Crippen LogP contribution < -0.4 is 0 Å². The van der Waals surface area contributed by atoms with Crippen LogP contribution in [0.1, 0.15) is 16.0 Å². The van der Waals surface area contributed by atoms with E-state index < -0.39 is 0 Å². The van der Waals surface area contributed by atoms with Crippen LogP contribution in [0.25, 0.3) is 0 Å². The van der Waals surface area contributed by atoms with Crippen molar-refractivity contribution in [2.75, 3.05) is 0 Å². The normalized spacial score (nSPS) is 12.7. The maximum atomic E-state index is 6.09. The second-order valence-electron chi connectivity index (χ2n) is 3.32.